The van der Waals surface area contributed by atoms with Crippen molar-refractivity contribution in [3.8, 4) is 0 Å². The number of rotatable bonds is 7. The molecule has 1 aromatic rings. The molecule has 4 heteroatoms. The van der Waals surface area contributed by atoms with Crippen molar-refractivity contribution in [2.75, 3.05) is 19.6 Å². The van der Waals surface area contributed by atoms with Gasteiger partial charge < -0.3 is 5.73 Å². The summed E-state index contributed by atoms with van der Waals surface area (Å²) in [6, 6.07) is 6.71. The van der Waals surface area contributed by atoms with Gasteiger partial charge in [0.1, 0.15) is 0 Å². The van der Waals surface area contributed by atoms with Crippen LogP contribution in [0.5, 0.6) is 0 Å². The van der Waals surface area contributed by atoms with Crippen molar-refractivity contribution in [1.82, 2.24) is 4.90 Å². The van der Waals surface area contributed by atoms with Crippen LogP contribution in [0.1, 0.15) is 38.3 Å². The van der Waals surface area contributed by atoms with Crippen LogP contribution in [-0.2, 0) is 0 Å². The van der Waals surface area contributed by atoms with Crippen LogP contribution in [0.2, 0.25) is 0 Å². The minimum atomic E-state index is 0.311. The van der Waals surface area contributed by atoms with Crippen molar-refractivity contribution in [2.24, 2.45) is 5.73 Å². The van der Waals surface area contributed by atoms with Gasteiger partial charge in [0.15, 0.2) is 0 Å². The number of benzene rings is 1. The second-order valence-corrected chi connectivity index (χ2v) is 6.12. The van der Waals surface area contributed by atoms with Gasteiger partial charge >= 0.3 is 0 Å². The Morgan fingerprint density at radius 2 is 1.94 bits per heavy atom. The highest BCUT2D eigenvalue weighted by Crippen LogP contribution is 2.28. The van der Waals surface area contributed by atoms with Crippen LogP contribution in [0.4, 0.5) is 0 Å². The van der Waals surface area contributed by atoms with Crippen LogP contribution in [-0.4, -0.2) is 24.5 Å². The minimum Gasteiger partial charge on any atom is -0.329 e. The Hall–Kier alpha value is 0.1000. The summed E-state index contributed by atoms with van der Waals surface area (Å²) in [5.41, 5.74) is 7.26. The van der Waals surface area contributed by atoms with E-state index in [1.54, 1.807) is 0 Å². The van der Waals surface area contributed by atoms with E-state index in [9.17, 15) is 0 Å². The summed E-state index contributed by atoms with van der Waals surface area (Å²) < 4.78 is 2.17. The number of unbranched alkanes of at least 4 members (excludes halogenated alkanes) is 1. The Morgan fingerprint density at radius 3 is 2.44 bits per heavy atom. The first kappa shape index (κ1) is 16.2. The molecule has 1 atom stereocenters. The zero-order valence-electron chi connectivity index (χ0n) is 11.1. The van der Waals surface area contributed by atoms with E-state index in [-0.39, 0.29) is 0 Å². The van der Waals surface area contributed by atoms with E-state index in [2.05, 4.69) is 68.8 Å². The van der Waals surface area contributed by atoms with Crippen molar-refractivity contribution >= 4 is 31.9 Å². The molecule has 2 N–H and O–H groups in total. The summed E-state index contributed by atoms with van der Waals surface area (Å²) in [5, 5.41) is 0. The largest absolute Gasteiger partial charge is 0.329 e. The Balaban J connectivity index is 2.88. The topological polar surface area (TPSA) is 29.3 Å². The van der Waals surface area contributed by atoms with E-state index in [0.29, 0.717) is 12.6 Å². The summed E-state index contributed by atoms with van der Waals surface area (Å²) >= 11 is 7.07. The molecule has 0 spiro atoms. The molecule has 18 heavy (non-hydrogen) atoms. The van der Waals surface area contributed by atoms with E-state index in [4.69, 9.17) is 5.73 Å². The normalized spacial score (nSPS) is 13.0. The second kappa shape index (κ2) is 8.31. The van der Waals surface area contributed by atoms with Gasteiger partial charge in [-0.05, 0) is 69.1 Å². The SMILES string of the molecule is CCCCN(CC)C(CN)c1ccc(Br)c(Br)c1. The quantitative estimate of drug-likeness (QED) is 0.765. The molecule has 0 fully saturated rings. The van der Waals surface area contributed by atoms with Gasteiger partial charge in [0, 0.05) is 21.5 Å². The fraction of sp³-hybridized carbons (Fsp3) is 0.571. The number of nitrogens with zero attached hydrogens (tertiary/aromatic N) is 1. The number of likely N-dealkylation sites (N-methyl/N-ethyl adjacent to an activating group) is 1. The van der Waals surface area contributed by atoms with Crippen molar-refractivity contribution in [3.63, 3.8) is 0 Å². The fourth-order valence-corrected chi connectivity index (χ4v) is 2.75. The maximum atomic E-state index is 5.97. The Labute approximate surface area is 127 Å². The summed E-state index contributed by atoms with van der Waals surface area (Å²) in [7, 11) is 0. The van der Waals surface area contributed by atoms with E-state index < -0.39 is 0 Å². The summed E-state index contributed by atoms with van der Waals surface area (Å²) in [6.07, 6.45) is 2.44. The molecule has 102 valence electrons. The van der Waals surface area contributed by atoms with Gasteiger partial charge in [0.2, 0.25) is 0 Å². The third-order valence-corrected chi connectivity index (χ3v) is 5.08. The molecular weight excluding hydrogens is 356 g/mol. The minimum absolute atomic E-state index is 0.311. The molecule has 2 nitrogen and oxygen atoms in total. The molecule has 0 aromatic heterocycles. The first-order valence-corrected chi connectivity index (χ1v) is 8.11. The Bertz CT molecular complexity index is 369. The van der Waals surface area contributed by atoms with Crippen LogP contribution >= 0.6 is 31.9 Å². The molecule has 0 saturated carbocycles. The molecule has 1 aromatic carbocycles. The number of halogens is 2. The van der Waals surface area contributed by atoms with Crippen molar-refractivity contribution in [2.45, 2.75) is 32.7 Å². The van der Waals surface area contributed by atoms with Crippen LogP contribution in [0.3, 0.4) is 0 Å². The average molecular weight is 378 g/mol. The van der Waals surface area contributed by atoms with Gasteiger partial charge in [-0.25, -0.2) is 0 Å². The summed E-state index contributed by atoms with van der Waals surface area (Å²) in [6.45, 7) is 7.23. The van der Waals surface area contributed by atoms with Gasteiger partial charge in [-0.1, -0.05) is 26.3 Å². The predicted octanol–water partition coefficient (Wildman–Crippen LogP) is 4.33. The van der Waals surface area contributed by atoms with Crippen LogP contribution in [0, 0.1) is 0 Å². The molecule has 0 amide bonds. The zero-order valence-corrected chi connectivity index (χ0v) is 14.3. The van der Waals surface area contributed by atoms with Crippen LogP contribution < -0.4 is 5.73 Å². The standard InChI is InChI=1S/C14H22Br2N2/c1-3-5-8-18(4-2)14(10-17)11-6-7-12(15)13(16)9-11/h6-7,9,14H,3-5,8,10,17H2,1-2H3. The number of nitrogens with two attached hydrogens (primary N) is 1. The highest BCUT2D eigenvalue weighted by atomic mass is 79.9. The zero-order chi connectivity index (χ0) is 13.5. The monoisotopic (exact) mass is 376 g/mol. The van der Waals surface area contributed by atoms with Gasteiger partial charge in [-0.15, -0.1) is 0 Å². The average Bonchev–Trinajstić information content (AvgIpc) is 2.38. The molecule has 1 rings (SSSR count). The third-order valence-electron chi connectivity index (χ3n) is 3.20. The number of hydrogen-bond acceptors (Lipinski definition) is 2. The van der Waals surface area contributed by atoms with E-state index in [1.807, 2.05) is 0 Å². The van der Waals surface area contributed by atoms with Gasteiger partial charge in [-0.3, -0.25) is 4.90 Å². The van der Waals surface area contributed by atoms with Gasteiger partial charge in [0.25, 0.3) is 0 Å². The molecule has 0 bridgehead atoms. The Kier molecular flexibility index (Phi) is 7.46. The maximum Gasteiger partial charge on any atom is 0.0470 e. The highest BCUT2D eigenvalue weighted by molar-refractivity contribution is 9.13. The van der Waals surface area contributed by atoms with E-state index >= 15 is 0 Å². The highest BCUT2D eigenvalue weighted by Gasteiger charge is 2.17. The molecule has 0 radical (unpaired) electrons. The van der Waals surface area contributed by atoms with Crippen LogP contribution in [0.25, 0.3) is 0 Å². The molecule has 0 aliphatic rings. The maximum absolute atomic E-state index is 5.97. The molecule has 0 heterocycles. The number of hydrogen-bond donors (Lipinski definition) is 1. The third kappa shape index (κ3) is 4.34. The Morgan fingerprint density at radius 1 is 1.22 bits per heavy atom. The first-order valence-electron chi connectivity index (χ1n) is 6.53. The van der Waals surface area contributed by atoms with Crippen LogP contribution in [0.15, 0.2) is 27.1 Å². The lowest BCUT2D eigenvalue weighted by atomic mass is 10.0. The lowest BCUT2D eigenvalue weighted by molar-refractivity contribution is 0.209. The summed E-state index contributed by atoms with van der Waals surface area (Å²) in [5.74, 6) is 0. The van der Waals surface area contributed by atoms with E-state index in [1.165, 1.54) is 18.4 Å². The summed E-state index contributed by atoms with van der Waals surface area (Å²) in [4.78, 5) is 2.46. The molecule has 0 saturated heterocycles. The molecule has 1 unspecified atom stereocenters. The molecule has 0 aliphatic heterocycles. The first-order chi connectivity index (χ1) is 8.63. The van der Waals surface area contributed by atoms with Gasteiger partial charge in [0.05, 0.1) is 0 Å². The lowest BCUT2D eigenvalue weighted by Gasteiger charge is -2.30. The van der Waals surface area contributed by atoms with Crippen molar-refractivity contribution in [3.05, 3.63) is 32.7 Å². The van der Waals surface area contributed by atoms with E-state index in [0.717, 1.165) is 22.0 Å². The van der Waals surface area contributed by atoms with Gasteiger partial charge in [-0.2, -0.15) is 0 Å². The van der Waals surface area contributed by atoms with Crippen molar-refractivity contribution < 1.29 is 0 Å². The second-order valence-electron chi connectivity index (χ2n) is 4.41. The molecular formula is C14H22Br2N2. The fourth-order valence-electron chi connectivity index (χ4n) is 2.11. The van der Waals surface area contributed by atoms with Crippen molar-refractivity contribution in [1.29, 1.82) is 0 Å². The smallest absolute Gasteiger partial charge is 0.0470 e. The molecule has 0 aliphatic carbocycles. The predicted molar refractivity (Wildman–Crippen MR) is 85.8 cm³/mol. The lowest BCUT2D eigenvalue weighted by Crippen LogP contribution is -2.34.